The number of nitrogens with one attached hydrogen (secondary N) is 1. The van der Waals surface area contributed by atoms with Crippen molar-refractivity contribution in [1.29, 1.82) is 0 Å². The Morgan fingerprint density at radius 2 is 2.33 bits per heavy atom. The van der Waals surface area contributed by atoms with Crippen LogP contribution < -0.4 is 5.32 Å². The molecule has 0 bridgehead atoms. The van der Waals surface area contributed by atoms with Crippen LogP contribution in [0, 0.1) is 0 Å². The van der Waals surface area contributed by atoms with Gasteiger partial charge in [0.2, 0.25) is 0 Å². The van der Waals surface area contributed by atoms with E-state index < -0.39 is 0 Å². The van der Waals surface area contributed by atoms with Crippen molar-refractivity contribution < 1.29 is 9.52 Å². The van der Waals surface area contributed by atoms with E-state index in [4.69, 9.17) is 21.1 Å². The van der Waals surface area contributed by atoms with Crippen LogP contribution in [-0.2, 0) is 6.54 Å². The van der Waals surface area contributed by atoms with E-state index >= 15 is 0 Å². The van der Waals surface area contributed by atoms with E-state index in [1.807, 2.05) is 6.07 Å². The molecule has 0 aliphatic heterocycles. The highest BCUT2D eigenvalue weighted by Crippen LogP contribution is 2.12. The number of hydrogen-bond donors (Lipinski definition) is 2. The predicted octanol–water partition coefficient (Wildman–Crippen LogP) is 1.40. The molecule has 68 valence electrons. The Hall–Kier alpha value is -0.510. The second-order valence-corrected chi connectivity index (χ2v) is 2.83. The Morgan fingerprint density at radius 3 is 2.92 bits per heavy atom. The van der Waals surface area contributed by atoms with Crippen molar-refractivity contribution in [2.75, 3.05) is 13.2 Å². The van der Waals surface area contributed by atoms with Gasteiger partial charge in [-0.2, -0.15) is 0 Å². The number of aliphatic hydroxyl groups is 1. The van der Waals surface area contributed by atoms with Crippen LogP contribution in [-0.4, -0.2) is 18.3 Å². The van der Waals surface area contributed by atoms with Crippen LogP contribution in [0.25, 0.3) is 0 Å². The van der Waals surface area contributed by atoms with E-state index in [0.717, 1.165) is 18.7 Å². The van der Waals surface area contributed by atoms with Gasteiger partial charge < -0.3 is 14.8 Å². The second-order valence-electron chi connectivity index (χ2n) is 2.46. The zero-order chi connectivity index (χ0) is 8.81. The van der Waals surface area contributed by atoms with Crippen molar-refractivity contribution >= 4 is 11.6 Å². The third kappa shape index (κ3) is 3.26. The summed E-state index contributed by atoms with van der Waals surface area (Å²) in [6.07, 6.45) is 0.758. The van der Waals surface area contributed by atoms with Gasteiger partial charge in [0.15, 0.2) is 5.22 Å². The van der Waals surface area contributed by atoms with Crippen LogP contribution >= 0.6 is 11.6 Å². The molecule has 0 radical (unpaired) electrons. The first kappa shape index (κ1) is 9.58. The van der Waals surface area contributed by atoms with E-state index in [1.165, 1.54) is 0 Å². The standard InChI is InChI=1S/C8H12ClNO2/c9-8-3-2-7(12-8)6-10-4-1-5-11/h2-3,10-11H,1,4-6H2. The van der Waals surface area contributed by atoms with Gasteiger partial charge >= 0.3 is 0 Å². The highest BCUT2D eigenvalue weighted by molar-refractivity contribution is 6.28. The molecule has 0 aromatic carbocycles. The van der Waals surface area contributed by atoms with Gasteiger partial charge in [-0.3, -0.25) is 0 Å². The van der Waals surface area contributed by atoms with Gasteiger partial charge in [0.1, 0.15) is 5.76 Å². The van der Waals surface area contributed by atoms with Crippen LogP contribution in [0.4, 0.5) is 0 Å². The van der Waals surface area contributed by atoms with Gasteiger partial charge in [-0.15, -0.1) is 0 Å². The number of halogens is 1. The lowest BCUT2D eigenvalue weighted by Gasteiger charge is -1.99. The molecule has 0 atom stereocenters. The molecule has 12 heavy (non-hydrogen) atoms. The van der Waals surface area contributed by atoms with Crippen LogP contribution in [0.5, 0.6) is 0 Å². The van der Waals surface area contributed by atoms with Gasteiger partial charge in [-0.25, -0.2) is 0 Å². The molecular weight excluding hydrogens is 178 g/mol. The summed E-state index contributed by atoms with van der Waals surface area (Å²) >= 11 is 5.57. The molecule has 0 saturated heterocycles. The molecule has 0 aliphatic rings. The van der Waals surface area contributed by atoms with Crippen LogP contribution in [0.15, 0.2) is 16.5 Å². The summed E-state index contributed by atoms with van der Waals surface area (Å²) in [6, 6.07) is 3.54. The molecule has 2 N–H and O–H groups in total. The molecule has 0 spiro atoms. The molecule has 0 saturated carbocycles. The Labute approximate surface area is 76.3 Å². The molecule has 0 unspecified atom stereocenters. The molecular formula is C8H12ClNO2. The average Bonchev–Trinajstić information content (AvgIpc) is 2.45. The molecule has 3 nitrogen and oxygen atoms in total. The summed E-state index contributed by atoms with van der Waals surface area (Å²) < 4.78 is 5.10. The smallest absolute Gasteiger partial charge is 0.193 e. The van der Waals surface area contributed by atoms with Gasteiger partial charge in [0.05, 0.1) is 6.54 Å². The molecule has 1 heterocycles. The largest absolute Gasteiger partial charge is 0.448 e. The Morgan fingerprint density at radius 1 is 1.50 bits per heavy atom. The lowest BCUT2D eigenvalue weighted by atomic mass is 10.4. The van der Waals surface area contributed by atoms with E-state index in [2.05, 4.69) is 5.32 Å². The van der Waals surface area contributed by atoms with E-state index in [9.17, 15) is 0 Å². The summed E-state index contributed by atoms with van der Waals surface area (Å²) in [6.45, 7) is 1.66. The van der Waals surface area contributed by atoms with Crippen molar-refractivity contribution in [3.05, 3.63) is 23.1 Å². The first-order chi connectivity index (χ1) is 5.83. The monoisotopic (exact) mass is 189 g/mol. The molecule has 1 aromatic heterocycles. The fraction of sp³-hybridized carbons (Fsp3) is 0.500. The molecule has 1 rings (SSSR count). The van der Waals surface area contributed by atoms with E-state index in [1.54, 1.807) is 6.07 Å². The fourth-order valence-corrected chi connectivity index (χ4v) is 1.02. The first-order valence-corrected chi connectivity index (χ1v) is 4.26. The normalized spacial score (nSPS) is 10.5. The van der Waals surface area contributed by atoms with Gasteiger partial charge in [-0.05, 0) is 36.7 Å². The van der Waals surface area contributed by atoms with Crippen molar-refractivity contribution in [3.63, 3.8) is 0 Å². The van der Waals surface area contributed by atoms with Crippen LogP contribution in [0.3, 0.4) is 0 Å². The zero-order valence-electron chi connectivity index (χ0n) is 6.72. The van der Waals surface area contributed by atoms with Crippen molar-refractivity contribution in [2.45, 2.75) is 13.0 Å². The Bertz CT molecular complexity index is 225. The van der Waals surface area contributed by atoms with Crippen LogP contribution in [0.1, 0.15) is 12.2 Å². The van der Waals surface area contributed by atoms with E-state index in [-0.39, 0.29) is 6.61 Å². The van der Waals surface area contributed by atoms with Crippen molar-refractivity contribution in [3.8, 4) is 0 Å². The minimum atomic E-state index is 0.214. The highest BCUT2D eigenvalue weighted by Gasteiger charge is 1.97. The Kier molecular flexibility index (Phi) is 4.14. The predicted molar refractivity (Wildman–Crippen MR) is 47.1 cm³/mol. The molecule has 1 aromatic rings. The third-order valence-electron chi connectivity index (χ3n) is 1.44. The quantitative estimate of drug-likeness (QED) is 0.689. The minimum Gasteiger partial charge on any atom is -0.448 e. The summed E-state index contributed by atoms with van der Waals surface area (Å²) in [5.41, 5.74) is 0. The van der Waals surface area contributed by atoms with Gasteiger partial charge in [-0.1, -0.05) is 0 Å². The van der Waals surface area contributed by atoms with Crippen molar-refractivity contribution in [1.82, 2.24) is 5.32 Å². The maximum Gasteiger partial charge on any atom is 0.193 e. The fourth-order valence-electron chi connectivity index (χ4n) is 0.862. The Balaban J connectivity index is 2.15. The average molecular weight is 190 g/mol. The summed E-state index contributed by atoms with van der Waals surface area (Å²) in [7, 11) is 0. The zero-order valence-corrected chi connectivity index (χ0v) is 7.47. The summed E-state index contributed by atoms with van der Waals surface area (Å²) in [5.74, 6) is 0.818. The number of rotatable bonds is 5. The maximum absolute atomic E-state index is 8.48. The summed E-state index contributed by atoms with van der Waals surface area (Å²) in [5, 5.41) is 12.0. The van der Waals surface area contributed by atoms with Crippen molar-refractivity contribution in [2.24, 2.45) is 0 Å². The topological polar surface area (TPSA) is 45.4 Å². The summed E-state index contributed by atoms with van der Waals surface area (Å²) in [4.78, 5) is 0. The molecule has 0 amide bonds. The third-order valence-corrected chi connectivity index (χ3v) is 1.64. The van der Waals surface area contributed by atoms with Gasteiger partial charge in [0.25, 0.3) is 0 Å². The SMILES string of the molecule is OCCCNCc1ccc(Cl)o1. The maximum atomic E-state index is 8.48. The molecule has 0 fully saturated rings. The number of hydrogen-bond acceptors (Lipinski definition) is 3. The molecule has 0 aliphatic carbocycles. The van der Waals surface area contributed by atoms with E-state index in [0.29, 0.717) is 11.8 Å². The first-order valence-electron chi connectivity index (χ1n) is 3.88. The van der Waals surface area contributed by atoms with Crippen LogP contribution in [0.2, 0.25) is 5.22 Å². The minimum absolute atomic E-state index is 0.214. The second kappa shape index (κ2) is 5.19. The number of furan rings is 1. The highest BCUT2D eigenvalue weighted by atomic mass is 35.5. The number of aliphatic hydroxyl groups excluding tert-OH is 1. The van der Waals surface area contributed by atoms with Gasteiger partial charge in [0, 0.05) is 6.61 Å². The lowest BCUT2D eigenvalue weighted by Crippen LogP contribution is -2.15. The lowest BCUT2D eigenvalue weighted by molar-refractivity contribution is 0.285. The molecule has 4 heteroatoms.